The molecule has 3 aromatic rings. The van der Waals surface area contributed by atoms with Crippen molar-refractivity contribution in [3.63, 3.8) is 0 Å². The fourth-order valence-corrected chi connectivity index (χ4v) is 3.30. The summed E-state index contributed by atoms with van der Waals surface area (Å²) in [4.78, 5) is 1.06. The topological polar surface area (TPSA) is 39.0 Å². The molecule has 1 aromatic carbocycles. The fourth-order valence-electron chi connectivity index (χ4n) is 2.32. The minimum Gasteiger partial charge on any atom is -0.867 e. The van der Waals surface area contributed by atoms with Crippen molar-refractivity contribution in [3.05, 3.63) is 82.8 Å². The first-order chi connectivity index (χ1) is 11.6. The van der Waals surface area contributed by atoms with E-state index >= 15 is 0 Å². The second-order valence-corrected chi connectivity index (χ2v) is 6.62. The van der Waals surface area contributed by atoms with Crippen LogP contribution in [0.4, 0.5) is 5.69 Å². The molecule has 0 fully saturated rings. The molecule has 0 aliphatic heterocycles. The third-order valence-corrected chi connectivity index (χ3v) is 4.59. The summed E-state index contributed by atoms with van der Waals surface area (Å²) in [7, 11) is 0. The Hall–Kier alpha value is -2.50. The summed E-state index contributed by atoms with van der Waals surface area (Å²) in [6, 6.07) is 17.2. The molecule has 2 aromatic heterocycles. The van der Waals surface area contributed by atoms with Gasteiger partial charge in [-0.2, -0.15) is 4.57 Å². The Morgan fingerprint density at radius 2 is 1.88 bits per heavy atom. The van der Waals surface area contributed by atoms with Gasteiger partial charge in [-0.05, 0) is 41.8 Å². The number of benzene rings is 1. The van der Waals surface area contributed by atoms with Crippen LogP contribution in [-0.2, 0) is 0 Å². The number of aryl methyl sites for hydroxylation is 1. The van der Waals surface area contributed by atoms with Gasteiger partial charge in [0.1, 0.15) is 0 Å². The molecule has 0 saturated heterocycles. The zero-order valence-electron chi connectivity index (χ0n) is 13.1. The maximum Gasteiger partial charge on any atom is 0.239 e. The number of thiocarbonyl (C=S) groups is 1. The molecule has 0 bridgehead atoms. The molecular formula is C19H16N2OS2. The van der Waals surface area contributed by atoms with E-state index in [9.17, 15) is 5.11 Å². The van der Waals surface area contributed by atoms with Crippen LogP contribution in [0.5, 0.6) is 0 Å². The van der Waals surface area contributed by atoms with Crippen LogP contribution in [0.25, 0.3) is 11.5 Å². The van der Waals surface area contributed by atoms with Gasteiger partial charge >= 0.3 is 0 Å². The molecule has 0 aliphatic carbocycles. The zero-order valence-corrected chi connectivity index (χ0v) is 14.7. The summed E-state index contributed by atoms with van der Waals surface area (Å²) in [5.41, 5.74) is 2.43. The molecule has 0 unspecified atom stereocenters. The molecule has 0 amide bonds. The summed E-state index contributed by atoms with van der Waals surface area (Å²) in [5.74, 6) is -0.0913. The lowest BCUT2D eigenvalue weighted by atomic mass is 10.2. The van der Waals surface area contributed by atoms with Gasteiger partial charge in [0.25, 0.3) is 0 Å². The number of hydrogen-bond acceptors (Lipinski definition) is 3. The first-order valence-corrected chi connectivity index (χ1v) is 8.74. The van der Waals surface area contributed by atoms with E-state index in [0.717, 1.165) is 11.3 Å². The maximum absolute atomic E-state index is 12.9. The van der Waals surface area contributed by atoms with E-state index in [1.807, 2.05) is 79.3 Å². The molecule has 0 atom stereocenters. The van der Waals surface area contributed by atoms with Gasteiger partial charge in [0, 0.05) is 22.7 Å². The van der Waals surface area contributed by atoms with Gasteiger partial charge in [-0.3, -0.25) is 0 Å². The molecule has 2 heterocycles. The van der Waals surface area contributed by atoms with E-state index in [0.29, 0.717) is 15.6 Å². The molecule has 3 rings (SSSR count). The number of nitrogens with one attached hydrogen (secondary N) is 1. The minimum absolute atomic E-state index is 0.0913. The van der Waals surface area contributed by atoms with E-state index in [2.05, 4.69) is 5.32 Å². The van der Waals surface area contributed by atoms with E-state index in [-0.39, 0.29) is 5.76 Å². The Bertz CT molecular complexity index is 871. The third kappa shape index (κ3) is 3.69. The SMILES string of the molecule is Cc1cccc(NC(=S)C(=C([O-])c2cccs2)[n+]2ccccc2)c1. The maximum atomic E-state index is 12.9. The van der Waals surface area contributed by atoms with Crippen molar-refractivity contribution in [2.24, 2.45) is 0 Å². The summed E-state index contributed by atoms with van der Waals surface area (Å²) >= 11 is 6.96. The molecule has 1 N–H and O–H groups in total. The Balaban J connectivity index is 2.02. The lowest BCUT2D eigenvalue weighted by molar-refractivity contribution is -0.577. The van der Waals surface area contributed by atoms with Crippen LogP contribution in [0.3, 0.4) is 0 Å². The summed E-state index contributed by atoms with van der Waals surface area (Å²) in [6.07, 6.45) is 3.65. The Morgan fingerprint density at radius 3 is 2.54 bits per heavy atom. The van der Waals surface area contributed by atoms with Crippen molar-refractivity contribution in [3.8, 4) is 0 Å². The summed E-state index contributed by atoms with van der Waals surface area (Å²) in [6.45, 7) is 2.02. The highest BCUT2D eigenvalue weighted by Gasteiger charge is 2.18. The highest BCUT2D eigenvalue weighted by atomic mass is 32.1. The van der Waals surface area contributed by atoms with Crippen molar-refractivity contribution in [1.82, 2.24) is 0 Å². The number of anilines is 1. The van der Waals surface area contributed by atoms with Crippen LogP contribution in [0.1, 0.15) is 10.4 Å². The lowest BCUT2D eigenvalue weighted by Gasteiger charge is -2.15. The van der Waals surface area contributed by atoms with Crippen molar-refractivity contribution in [1.29, 1.82) is 0 Å². The highest BCUT2D eigenvalue weighted by molar-refractivity contribution is 7.81. The smallest absolute Gasteiger partial charge is 0.239 e. The van der Waals surface area contributed by atoms with Gasteiger partial charge < -0.3 is 10.4 Å². The van der Waals surface area contributed by atoms with Gasteiger partial charge in [0.15, 0.2) is 17.4 Å². The third-order valence-electron chi connectivity index (χ3n) is 3.42. The van der Waals surface area contributed by atoms with E-state index in [1.165, 1.54) is 11.3 Å². The van der Waals surface area contributed by atoms with Crippen LogP contribution >= 0.6 is 23.6 Å². The summed E-state index contributed by atoms with van der Waals surface area (Å²) in [5, 5.41) is 18.0. The van der Waals surface area contributed by atoms with Gasteiger partial charge in [0.05, 0.1) is 0 Å². The minimum atomic E-state index is -0.0913. The second kappa shape index (κ2) is 7.38. The standard InChI is InChI=1S/C19H16N2OS2/c1-14-7-5-8-15(13-14)20-19(23)17(21-10-3-2-4-11-21)18(22)16-9-6-12-24-16/h2-13H,1H3,(H-,20,22,23). The second-order valence-electron chi connectivity index (χ2n) is 5.26. The predicted octanol–water partition coefficient (Wildman–Crippen LogP) is 3.47. The quantitative estimate of drug-likeness (QED) is 0.338. The molecule has 120 valence electrons. The summed E-state index contributed by atoms with van der Waals surface area (Å²) < 4.78 is 1.76. The first kappa shape index (κ1) is 16.4. The Morgan fingerprint density at radius 1 is 1.08 bits per heavy atom. The molecule has 0 radical (unpaired) electrons. The van der Waals surface area contributed by atoms with E-state index in [1.54, 1.807) is 4.57 Å². The number of nitrogens with zero attached hydrogens (tertiary/aromatic N) is 1. The van der Waals surface area contributed by atoms with Gasteiger partial charge in [-0.15, -0.1) is 11.3 Å². The molecular weight excluding hydrogens is 336 g/mol. The van der Waals surface area contributed by atoms with Crippen molar-refractivity contribution >= 4 is 45.7 Å². The number of pyridine rings is 1. The van der Waals surface area contributed by atoms with Crippen molar-refractivity contribution < 1.29 is 9.67 Å². The molecule has 0 spiro atoms. The molecule has 3 nitrogen and oxygen atoms in total. The van der Waals surface area contributed by atoms with Crippen LogP contribution in [0.15, 0.2) is 72.4 Å². The number of aromatic nitrogens is 1. The number of hydrogen-bond donors (Lipinski definition) is 1. The average molecular weight is 352 g/mol. The van der Waals surface area contributed by atoms with Crippen molar-refractivity contribution in [2.45, 2.75) is 6.92 Å². The van der Waals surface area contributed by atoms with Gasteiger partial charge in [0.2, 0.25) is 5.70 Å². The number of thiophene rings is 1. The highest BCUT2D eigenvalue weighted by Crippen LogP contribution is 2.21. The molecule has 0 saturated carbocycles. The molecule has 5 heteroatoms. The predicted molar refractivity (Wildman–Crippen MR) is 101 cm³/mol. The Kier molecular flexibility index (Phi) is 5.03. The van der Waals surface area contributed by atoms with Crippen LogP contribution < -0.4 is 15.0 Å². The van der Waals surface area contributed by atoms with E-state index < -0.39 is 0 Å². The first-order valence-electron chi connectivity index (χ1n) is 7.45. The number of rotatable bonds is 4. The van der Waals surface area contributed by atoms with E-state index in [4.69, 9.17) is 12.2 Å². The largest absolute Gasteiger partial charge is 0.867 e. The molecule has 24 heavy (non-hydrogen) atoms. The Labute approximate surface area is 150 Å². The zero-order chi connectivity index (χ0) is 16.9. The average Bonchev–Trinajstić information content (AvgIpc) is 3.10. The van der Waals surface area contributed by atoms with Crippen LogP contribution in [0.2, 0.25) is 0 Å². The fraction of sp³-hybridized carbons (Fsp3) is 0.0526. The lowest BCUT2D eigenvalue weighted by Crippen LogP contribution is -2.39. The van der Waals surface area contributed by atoms with Gasteiger partial charge in [-0.25, -0.2) is 0 Å². The monoisotopic (exact) mass is 352 g/mol. The normalized spacial score (nSPS) is 11.7. The van der Waals surface area contributed by atoms with Crippen LogP contribution in [0, 0.1) is 6.92 Å². The van der Waals surface area contributed by atoms with Crippen LogP contribution in [-0.4, -0.2) is 4.99 Å². The van der Waals surface area contributed by atoms with Gasteiger partial charge in [-0.1, -0.05) is 36.5 Å². The molecule has 0 aliphatic rings. The van der Waals surface area contributed by atoms with Crippen molar-refractivity contribution in [2.75, 3.05) is 5.32 Å².